The summed E-state index contributed by atoms with van der Waals surface area (Å²) in [7, 11) is 0. The van der Waals surface area contributed by atoms with E-state index >= 15 is 0 Å². The highest BCUT2D eigenvalue weighted by Crippen LogP contribution is 2.25. The molecule has 4 heteroatoms. The van der Waals surface area contributed by atoms with Crippen molar-refractivity contribution in [1.82, 2.24) is 0 Å². The molecule has 0 heterocycles. The molecule has 1 aromatic rings. The van der Waals surface area contributed by atoms with Crippen LogP contribution in [-0.2, 0) is 14.4 Å². The summed E-state index contributed by atoms with van der Waals surface area (Å²) in [5.41, 5.74) is 0.452. The quantitative estimate of drug-likeness (QED) is 0.814. The van der Waals surface area contributed by atoms with E-state index in [9.17, 15) is 19.5 Å². The van der Waals surface area contributed by atoms with Crippen molar-refractivity contribution in [2.75, 3.05) is 0 Å². The number of hydrogen-bond acceptors (Lipinski definition) is 4. The molecule has 0 saturated heterocycles. The first-order valence-electron chi connectivity index (χ1n) is 5.90. The Kier molecular flexibility index (Phi) is 3.67. The predicted molar refractivity (Wildman–Crippen MR) is 63.8 cm³/mol. The van der Waals surface area contributed by atoms with Gasteiger partial charge >= 0.3 is 0 Å². The predicted octanol–water partition coefficient (Wildman–Crippen LogP) is 1.23. The van der Waals surface area contributed by atoms with Crippen molar-refractivity contribution in [2.45, 2.75) is 25.4 Å². The molecule has 1 fully saturated rings. The zero-order valence-electron chi connectivity index (χ0n) is 9.83. The maximum atomic E-state index is 12.0. The standard InChI is InChI=1S/C14H14O4/c15-10-6-7-12(16)11(8-10)14(18)13(17)9-4-2-1-3-5-9/h1-5,11,13,17H,6-8H2. The third-order valence-electron chi connectivity index (χ3n) is 3.20. The minimum atomic E-state index is -1.33. The largest absolute Gasteiger partial charge is 0.381 e. The molecule has 2 unspecified atom stereocenters. The van der Waals surface area contributed by atoms with Crippen LogP contribution in [0.5, 0.6) is 0 Å². The molecule has 0 bridgehead atoms. The number of hydrogen-bond donors (Lipinski definition) is 1. The Morgan fingerprint density at radius 3 is 2.50 bits per heavy atom. The lowest BCUT2D eigenvalue weighted by Crippen LogP contribution is -2.34. The van der Waals surface area contributed by atoms with Gasteiger partial charge in [-0.15, -0.1) is 0 Å². The maximum Gasteiger partial charge on any atom is 0.176 e. The molecule has 2 rings (SSSR count). The molecule has 94 valence electrons. The average molecular weight is 246 g/mol. The molecule has 0 radical (unpaired) electrons. The third-order valence-corrected chi connectivity index (χ3v) is 3.20. The molecule has 4 nitrogen and oxygen atoms in total. The highest BCUT2D eigenvalue weighted by Gasteiger charge is 2.36. The summed E-state index contributed by atoms with van der Waals surface area (Å²) in [6, 6.07) is 8.44. The monoisotopic (exact) mass is 246 g/mol. The van der Waals surface area contributed by atoms with Crippen LogP contribution in [0.15, 0.2) is 30.3 Å². The lowest BCUT2D eigenvalue weighted by Gasteiger charge is -2.21. The first-order chi connectivity index (χ1) is 8.59. The number of ketones is 3. The van der Waals surface area contributed by atoms with E-state index in [1.807, 2.05) is 0 Å². The number of carbonyl (C=O) groups is 3. The Balaban J connectivity index is 2.15. The van der Waals surface area contributed by atoms with Gasteiger partial charge in [0.1, 0.15) is 17.7 Å². The summed E-state index contributed by atoms with van der Waals surface area (Å²) in [6.07, 6.45) is -1.08. The van der Waals surface area contributed by atoms with Gasteiger partial charge in [-0.25, -0.2) is 0 Å². The lowest BCUT2D eigenvalue weighted by atomic mass is 9.81. The number of aliphatic hydroxyl groups is 1. The minimum absolute atomic E-state index is 0.0679. The average Bonchev–Trinajstić information content (AvgIpc) is 2.41. The number of Topliss-reactive ketones (excluding diaryl/α,β-unsaturated/α-hetero) is 3. The van der Waals surface area contributed by atoms with Crippen LogP contribution in [0.2, 0.25) is 0 Å². The van der Waals surface area contributed by atoms with Gasteiger partial charge < -0.3 is 5.11 Å². The van der Waals surface area contributed by atoms with E-state index in [0.29, 0.717) is 5.56 Å². The lowest BCUT2D eigenvalue weighted by molar-refractivity contribution is -0.143. The summed E-state index contributed by atoms with van der Waals surface area (Å²) in [4.78, 5) is 35.0. The smallest absolute Gasteiger partial charge is 0.176 e. The summed E-state index contributed by atoms with van der Waals surface area (Å²) in [6.45, 7) is 0. The summed E-state index contributed by atoms with van der Waals surface area (Å²) >= 11 is 0. The van der Waals surface area contributed by atoms with E-state index in [4.69, 9.17) is 0 Å². The molecule has 1 saturated carbocycles. The second-order valence-corrected chi connectivity index (χ2v) is 4.48. The van der Waals surface area contributed by atoms with Crippen molar-refractivity contribution in [3.05, 3.63) is 35.9 Å². The van der Waals surface area contributed by atoms with Crippen LogP contribution in [0.1, 0.15) is 30.9 Å². The van der Waals surface area contributed by atoms with Gasteiger partial charge in [0, 0.05) is 19.3 Å². The Hall–Kier alpha value is -1.81. The van der Waals surface area contributed by atoms with E-state index in [0.717, 1.165) is 0 Å². The van der Waals surface area contributed by atoms with Crippen LogP contribution < -0.4 is 0 Å². The van der Waals surface area contributed by atoms with Crippen molar-refractivity contribution in [1.29, 1.82) is 0 Å². The molecule has 1 aliphatic carbocycles. The summed E-state index contributed by atoms with van der Waals surface area (Å²) in [5, 5.41) is 9.93. The zero-order chi connectivity index (χ0) is 13.1. The van der Waals surface area contributed by atoms with Gasteiger partial charge in [-0.3, -0.25) is 14.4 Å². The molecule has 0 aliphatic heterocycles. The molecule has 1 aliphatic rings. The molecule has 0 spiro atoms. The van der Waals surface area contributed by atoms with Gasteiger partial charge in [-0.05, 0) is 5.56 Å². The molecular formula is C14H14O4. The Morgan fingerprint density at radius 2 is 1.83 bits per heavy atom. The molecule has 0 aromatic heterocycles. The molecule has 1 N–H and O–H groups in total. The molecule has 18 heavy (non-hydrogen) atoms. The fourth-order valence-corrected chi connectivity index (χ4v) is 2.13. The van der Waals surface area contributed by atoms with Gasteiger partial charge in [-0.2, -0.15) is 0 Å². The molecule has 2 atom stereocenters. The van der Waals surface area contributed by atoms with Crippen LogP contribution in [0.4, 0.5) is 0 Å². The SMILES string of the molecule is O=C1CCC(=O)C(C(=O)C(O)c2ccccc2)C1. The Bertz CT molecular complexity index is 478. The molecular weight excluding hydrogens is 232 g/mol. The number of aliphatic hydroxyl groups excluding tert-OH is 1. The first kappa shape index (κ1) is 12.6. The first-order valence-corrected chi connectivity index (χ1v) is 5.90. The molecule has 0 amide bonds. The minimum Gasteiger partial charge on any atom is -0.381 e. The fourth-order valence-electron chi connectivity index (χ4n) is 2.13. The summed E-state index contributed by atoms with van der Waals surface area (Å²) < 4.78 is 0. The van der Waals surface area contributed by atoms with Gasteiger partial charge in [0.2, 0.25) is 0 Å². The second kappa shape index (κ2) is 5.23. The van der Waals surface area contributed by atoms with Gasteiger partial charge in [0.15, 0.2) is 5.78 Å². The van der Waals surface area contributed by atoms with Crippen molar-refractivity contribution in [2.24, 2.45) is 5.92 Å². The Labute approximate surface area is 105 Å². The van der Waals surface area contributed by atoms with Crippen molar-refractivity contribution in [3.8, 4) is 0 Å². The van der Waals surface area contributed by atoms with Crippen molar-refractivity contribution >= 4 is 17.3 Å². The van der Waals surface area contributed by atoms with Crippen LogP contribution in [0, 0.1) is 5.92 Å². The molecule has 1 aromatic carbocycles. The number of rotatable bonds is 3. The fraction of sp³-hybridized carbons (Fsp3) is 0.357. The zero-order valence-corrected chi connectivity index (χ0v) is 9.83. The van der Waals surface area contributed by atoms with Crippen molar-refractivity contribution in [3.63, 3.8) is 0 Å². The van der Waals surface area contributed by atoms with E-state index in [1.165, 1.54) is 0 Å². The number of carbonyl (C=O) groups excluding carboxylic acids is 3. The third kappa shape index (κ3) is 2.54. The topological polar surface area (TPSA) is 71.4 Å². The van der Waals surface area contributed by atoms with Crippen LogP contribution in [0.25, 0.3) is 0 Å². The van der Waals surface area contributed by atoms with E-state index in [2.05, 4.69) is 0 Å². The van der Waals surface area contributed by atoms with Gasteiger partial charge in [-0.1, -0.05) is 30.3 Å². The van der Waals surface area contributed by atoms with E-state index in [-0.39, 0.29) is 30.8 Å². The van der Waals surface area contributed by atoms with Gasteiger partial charge in [0.25, 0.3) is 0 Å². The Morgan fingerprint density at radius 1 is 1.17 bits per heavy atom. The van der Waals surface area contributed by atoms with E-state index in [1.54, 1.807) is 30.3 Å². The van der Waals surface area contributed by atoms with Crippen LogP contribution in [-0.4, -0.2) is 22.5 Å². The van der Waals surface area contributed by atoms with Crippen LogP contribution in [0.3, 0.4) is 0 Å². The van der Waals surface area contributed by atoms with E-state index < -0.39 is 17.8 Å². The highest BCUT2D eigenvalue weighted by molar-refractivity contribution is 6.09. The second-order valence-electron chi connectivity index (χ2n) is 4.48. The number of benzene rings is 1. The van der Waals surface area contributed by atoms with Crippen LogP contribution >= 0.6 is 0 Å². The normalized spacial score (nSPS) is 21.7. The summed E-state index contributed by atoms with van der Waals surface area (Å²) in [5.74, 6) is -1.87. The van der Waals surface area contributed by atoms with Gasteiger partial charge in [0.05, 0.1) is 5.92 Å². The maximum absolute atomic E-state index is 12.0. The highest BCUT2D eigenvalue weighted by atomic mass is 16.3. The van der Waals surface area contributed by atoms with Crippen molar-refractivity contribution < 1.29 is 19.5 Å².